The SMILES string of the molecule is COc1ccc(CC(=O)Nc2nc3n(n2)[C@H](c2ccc(Cl)cc2)C[C@@H](c2ccc(OC)cc2)N3)cc1. The lowest BCUT2D eigenvalue weighted by molar-refractivity contribution is -0.115. The van der Waals surface area contributed by atoms with Crippen LogP contribution in [0.1, 0.15) is 35.2 Å². The molecule has 0 saturated heterocycles. The van der Waals surface area contributed by atoms with Crippen molar-refractivity contribution in [3.63, 3.8) is 0 Å². The molecule has 0 spiro atoms. The molecule has 5 rings (SSSR count). The summed E-state index contributed by atoms with van der Waals surface area (Å²) in [5.74, 6) is 2.19. The number of hydrogen-bond acceptors (Lipinski definition) is 6. The summed E-state index contributed by atoms with van der Waals surface area (Å²) in [5.41, 5.74) is 3.03. The number of carbonyl (C=O) groups is 1. The first-order valence-corrected chi connectivity index (χ1v) is 12.0. The number of rotatable bonds is 7. The summed E-state index contributed by atoms with van der Waals surface area (Å²) in [5, 5.41) is 11.6. The predicted octanol–water partition coefficient (Wildman–Crippen LogP) is 5.28. The van der Waals surface area contributed by atoms with E-state index in [-0.39, 0.29) is 30.4 Å². The average molecular weight is 504 g/mol. The standard InChI is InChI=1S/C27H26ClN5O3/c1-35-21-11-3-17(4-12-21)15-25(34)30-26-31-27-29-23(18-7-13-22(36-2)14-8-18)16-24(33(27)32-26)19-5-9-20(28)10-6-19/h3-14,23-24H,15-16H2,1-2H3,(H2,29,30,31,32,34)/t23-,24-/m0/s1. The lowest BCUT2D eigenvalue weighted by Crippen LogP contribution is -2.28. The van der Waals surface area contributed by atoms with E-state index in [1.54, 1.807) is 14.2 Å². The Morgan fingerprint density at radius 1 is 0.972 bits per heavy atom. The first kappa shape index (κ1) is 23.7. The monoisotopic (exact) mass is 503 g/mol. The molecule has 1 amide bonds. The third-order valence-corrected chi connectivity index (χ3v) is 6.49. The number of anilines is 2. The highest BCUT2D eigenvalue weighted by molar-refractivity contribution is 6.30. The van der Waals surface area contributed by atoms with Crippen LogP contribution in [0.3, 0.4) is 0 Å². The van der Waals surface area contributed by atoms with E-state index in [2.05, 4.69) is 20.7 Å². The number of benzene rings is 3. The third kappa shape index (κ3) is 5.13. The van der Waals surface area contributed by atoms with Gasteiger partial charge in [-0.25, -0.2) is 4.68 Å². The molecule has 3 aromatic carbocycles. The Labute approximate surface area is 214 Å². The van der Waals surface area contributed by atoms with Crippen LogP contribution in [0.5, 0.6) is 11.5 Å². The quantitative estimate of drug-likeness (QED) is 0.357. The molecule has 2 N–H and O–H groups in total. The fourth-order valence-electron chi connectivity index (χ4n) is 4.35. The second kappa shape index (κ2) is 10.3. The molecule has 184 valence electrons. The van der Waals surface area contributed by atoms with Gasteiger partial charge in [-0.1, -0.05) is 48.0 Å². The zero-order valence-electron chi connectivity index (χ0n) is 19.9. The summed E-state index contributed by atoms with van der Waals surface area (Å²) in [6.45, 7) is 0. The molecule has 36 heavy (non-hydrogen) atoms. The van der Waals surface area contributed by atoms with Crippen LogP contribution in [-0.4, -0.2) is 34.9 Å². The molecular formula is C27H26ClN5O3. The number of aromatic nitrogens is 3. The minimum absolute atomic E-state index is 0.00358. The Morgan fingerprint density at radius 2 is 1.58 bits per heavy atom. The molecule has 0 bridgehead atoms. The Kier molecular flexibility index (Phi) is 6.77. The average Bonchev–Trinajstić information content (AvgIpc) is 3.31. The van der Waals surface area contributed by atoms with Crippen molar-refractivity contribution < 1.29 is 14.3 Å². The molecule has 9 heteroatoms. The number of hydrogen-bond donors (Lipinski definition) is 2. The lowest BCUT2D eigenvalue weighted by Gasteiger charge is -2.31. The van der Waals surface area contributed by atoms with Crippen LogP contribution in [0.25, 0.3) is 0 Å². The molecule has 0 saturated carbocycles. The Bertz CT molecular complexity index is 1340. The van der Waals surface area contributed by atoms with Gasteiger partial charge < -0.3 is 14.8 Å². The molecule has 4 aromatic rings. The summed E-state index contributed by atoms with van der Waals surface area (Å²) in [7, 11) is 3.26. The van der Waals surface area contributed by atoms with Gasteiger partial charge in [-0.2, -0.15) is 4.98 Å². The van der Waals surface area contributed by atoms with Gasteiger partial charge in [-0.05, 0) is 59.5 Å². The van der Waals surface area contributed by atoms with Crippen LogP contribution >= 0.6 is 11.6 Å². The van der Waals surface area contributed by atoms with Crippen LogP contribution in [0.15, 0.2) is 72.8 Å². The number of amides is 1. The van der Waals surface area contributed by atoms with Crippen LogP contribution < -0.4 is 20.1 Å². The maximum atomic E-state index is 12.7. The highest BCUT2D eigenvalue weighted by atomic mass is 35.5. The van der Waals surface area contributed by atoms with Gasteiger partial charge >= 0.3 is 0 Å². The van der Waals surface area contributed by atoms with E-state index in [9.17, 15) is 4.79 Å². The molecule has 0 aliphatic carbocycles. The van der Waals surface area contributed by atoms with E-state index >= 15 is 0 Å². The predicted molar refractivity (Wildman–Crippen MR) is 139 cm³/mol. The molecule has 2 atom stereocenters. The molecule has 0 radical (unpaired) electrons. The zero-order valence-corrected chi connectivity index (χ0v) is 20.7. The molecular weight excluding hydrogens is 478 g/mol. The number of carbonyl (C=O) groups excluding carboxylic acids is 1. The van der Waals surface area contributed by atoms with Crippen LogP contribution in [0.2, 0.25) is 5.02 Å². The molecule has 8 nitrogen and oxygen atoms in total. The maximum absolute atomic E-state index is 12.7. The minimum Gasteiger partial charge on any atom is -0.497 e. The molecule has 1 aliphatic rings. The van der Waals surface area contributed by atoms with E-state index in [4.69, 9.17) is 21.1 Å². The van der Waals surface area contributed by atoms with Gasteiger partial charge in [0.15, 0.2) is 0 Å². The Balaban J connectivity index is 1.39. The first-order chi connectivity index (χ1) is 17.5. The van der Waals surface area contributed by atoms with Crippen molar-refractivity contribution in [2.24, 2.45) is 0 Å². The Hall–Kier alpha value is -4.04. The van der Waals surface area contributed by atoms with Crippen molar-refractivity contribution in [1.29, 1.82) is 0 Å². The van der Waals surface area contributed by atoms with Crippen molar-refractivity contribution in [3.05, 3.63) is 94.5 Å². The van der Waals surface area contributed by atoms with Crippen molar-refractivity contribution in [2.75, 3.05) is 24.9 Å². The number of ether oxygens (including phenoxy) is 2. The number of nitrogens with zero attached hydrogens (tertiary/aromatic N) is 3. The van der Waals surface area contributed by atoms with Crippen LogP contribution in [0, 0.1) is 0 Å². The smallest absolute Gasteiger partial charge is 0.250 e. The molecule has 0 unspecified atom stereocenters. The van der Waals surface area contributed by atoms with Gasteiger partial charge in [0, 0.05) is 5.02 Å². The van der Waals surface area contributed by atoms with Gasteiger partial charge in [0.2, 0.25) is 11.9 Å². The first-order valence-electron chi connectivity index (χ1n) is 11.6. The Morgan fingerprint density at radius 3 is 2.22 bits per heavy atom. The van der Waals surface area contributed by atoms with Crippen molar-refractivity contribution in [2.45, 2.75) is 24.9 Å². The zero-order chi connectivity index (χ0) is 25.1. The molecule has 1 aliphatic heterocycles. The summed E-state index contributed by atoms with van der Waals surface area (Å²) >= 11 is 6.14. The number of halogens is 1. The van der Waals surface area contributed by atoms with Gasteiger partial charge in [0.05, 0.1) is 32.7 Å². The highest BCUT2D eigenvalue weighted by Gasteiger charge is 2.31. The van der Waals surface area contributed by atoms with E-state index in [0.717, 1.165) is 34.6 Å². The molecule has 1 aromatic heterocycles. The molecule has 2 heterocycles. The summed E-state index contributed by atoms with van der Waals surface area (Å²) < 4.78 is 12.3. The topological polar surface area (TPSA) is 90.3 Å². The largest absolute Gasteiger partial charge is 0.497 e. The minimum atomic E-state index is -0.196. The number of methoxy groups -OCH3 is 2. The number of fused-ring (bicyclic) bond motifs is 1. The van der Waals surface area contributed by atoms with Crippen molar-refractivity contribution in [3.8, 4) is 11.5 Å². The van der Waals surface area contributed by atoms with Crippen molar-refractivity contribution in [1.82, 2.24) is 14.8 Å². The van der Waals surface area contributed by atoms with Gasteiger partial charge in [0.25, 0.3) is 5.95 Å². The summed E-state index contributed by atoms with van der Waals surface area (Å²) in [4.78, 5) is 17.3. The summed E-state index contributed by atoms with van der Waals surface area (Å²) in [6, 6.07) is 23.0. The fraction of sp³-hybridized carbons (Fsp3) is 0.222. The van der Waals surface area contributed by atoms with Crippen LogP contribution in [-0.2, 0) is 11.2 Å². The highest BCUT2D eigenvalue weighted by Crippen LogP contribution is 2.38. The van der Waals surface area contributed by atoms with E-state index in [1.165, 1.54) is 0 Å². The molecule has 0 fully saturated rings. The second-order valence-corrected chi connectivity index (χ2v) is 8.99. The fourth-order valence-corrected chi connectivity index (χ4v) is 4.47. The maximum Gasteiger partial charge on any atom is 0.250 e. The van der Waals surface area contributed by atoms with E-state index < -0.39 is 0 Å². The van der Waals surface area contributed by atoms with Gasteiger partial charge in [-0.15, -0.1) is 5.10 Å². The third-order valence-electron chi connectivity index (χ3n) is 6.24. The lowest BCUT2D eigenvalue weighted by atomic mass is 9.93. The van der Waals surface area contributed by atoms with Crippen LogP contribution in [0.4, 0.5) is 11.9 Å². The van der Waals surface area contributed by atoms with E-state index in [0.29, 0.717) is 11.0 Å². The summed E-state index contributed by atoms with van der Waals surface area (Å²) in [6.07, 6.45) is 0.944. The van der Waals surface area contributed by atoms with Gasteiger partial charge in [0.1, 0.15) is 11.5 Å². The van der Waals surface area contributed by atoms with E-state index in [1.807, 2.05) is 77.5 Å². The normalized spacial score (nSPS) is 16.5. The number of nitrogens with one attached hydrogen (secondary N) is 2. The van der Waals surface area contributed by atoms with Gasteiger partial charge in [-0.3, -0.25) is 10.1 Å². The van der Waals surface area contributed by atoms with Crippen molar-refractivity contribution >= 4 is 29.4 Å². The second-order valence-electron chi connectivity index (χ2n) is 8.55.